The van der Waals surface area contributed by atoms with E-state index in [4.69, 9.17) is 17.2 Å². The Kier molecular flexibility index (Phi) is 21.2. The maximum atomic E-state index is 13.8. The molecule has 7 amide bonds. The molecule has 6 atom stereocenters. The van der Waals surface area contributed by atoms with E-state index in [9.17, 15) is 43.5 Å². The van der Waals surface area contributed by atoms with Crippen LogP contribution < -0.4 is 54.4 Å². The van der Waals surface area contributed by atoms with Crippen LogP contribution in [-0.2, 0) is 38.4 Å². The first-order valence-electron chi connectivity index (χ1n) is 17.1. The van der Waals surface area contributed by atoms with Crippen LogP contribution in [0, 0.1) is 11.8 Å². The van der Waals surface area contributed by atoms with Gasteiger partial charge in [0.15, 0.2) is 5.96 Å². The van der Waals surface area contributed by atoms with Gasteiger partial charge in [0, 0.05) is 18.1 Å². The fourth-order valence-electron chi connectivity index (χ4n) is 4.67. The summed E-state index contributed by atoms with van der Waals surface area (Å²) >= 11 is 0. The summed E-state index contributed by atoms with van der Waals surface area (Å²) in [4.78, 5) is 106. The number of nitrogens with two attached hydrogens (primary N) is 3. The number of nitrogens with one attached hydrogen (secondary N) is 7. The van der Waals surface area contributed by atoms with Crippen LogP contribution in [0.1, 0.15) is 60.3 Å². The normalized spacial score (nSPS) is 21.0. The average molecular weight is 790 g/mol. The minimum atomic E-state index is -1.29. The predicted molar refractivity (Wildman–Crippen MR) is 201 cm³/mol. The zero-order chi connectivity index (χ0) is 40.2. The zero-order valence-electron chi connectivity index (χ0n) is 30.7. The van der Waals surface area contributed by atoms with Gasteiger partial charge >= 0.3 is 5.97 Å². The van der Waals surface area contributed by atoms with Crippen molar-refractivity contribution in [1.29, 1.82) is 0 Å². The van der Waals surface area contributed by atoms with Gasteiger partial charge in [-0.3, -0.25) is 38.6 Å². The summed E-state index contributed by atoms with van der Waals surface area (Å²) < 4.78 is 0. The van der Waals surface area contributed by atoms with E-state index in [0.717, 1.165) is 21.6 Å². The molecule has 0 unspecified atom stereocenters. The van der Waals surface area contributed by atoms with Crippen molar-refractivity contribution in [3.05, 3.63) is 0 Å². The van der Waals surface area contributed by atoms with Crippen molar-refractivity contribution in [3.63, 3.8) is 0 Å². The Hall–Kier alpha value is -4.31. The predicted octanol–water partition coefficient (Wildman–Crippen LogP) is -3.38. The lowest BCUT2D eigenvalue weighted by Crippen LogP contribution is -2.59. The van der Waals surface area contributed by atoms with Gasteiger partial charge in [-0.15, -0.1) is 0 Å². The number of guanidine groups is 1. The molecule has 0 saturated carbocycles. The molecule has 0 aromatic carbocycles. The van der Waals surface area contributed by atoms with Gasteiger partial charge in [-0.1, -0.05) is 49.3 Å². The molecule has 1 fully saturated rings. The Balaban J connectivity index is 3.18. The minimum absolute atomic E-state index is 0.0192. The third kappa shape index (κ3) is 19.4. The molecule has 22 heteroatoms. The number of rotatable bonds is 15. The Morgan fingerprint density at radius 3 is 2.08 bits per heavy atom. The lowest BCUT2D eigenvalue weighted by molar-refractivity contribution is -0.142. The van der Waals surface area contributed by atoms with E-state index in [2.05, 4.69) is 42.2 Å². The van der Waals surface area contributed by atoms with Gasteiger partial charge < -0.3 is 59.5 Å². The van der Waals surface area contributed by atoms with Crippen molar-refractivity contribution in [2.45, 2.75) is 96.6 Å². The van der Waals surface area contributed by atoms with Gasteiger partial charge in [-0.25, -0.2) is 4.79 Å². The fourth-order valence-corrected chi connectivity index (χ4v) is 6.96. The first-order chi connectivity index (χ1) is 24.8. The van der Waals surface area contributed by atoms with Crippen molar-refractivity contribution in [2.75, 3.05) is 31.1 Å². The second kappa shape index (κ2) is 24.1. The van der Waals surface area contributed by atoms with Crippen molar-refractivity contribution in [1.82, 2.24) is 37.2 Å². The van der Waals surface area contributed by atoms with Crippen LogP contribution in [0.25, 0.3) is 0 Å². The molecule has 0 spiro atoms. The summed E-state index contributed by atoms with van der Waals surface area (Å²) in [6.45, 7) is 7.92. The summed E-state index contributed by atoms with van der Waals surface area (Å²) in [5.41, 5.74) is 16.5. The lowest BCUT2D eigenvalue weighted by atomic mass is 10.0. The quantitative estimate of drug-likeness (QED) is 0.0334. The number of aliphatic imine (C=N–C) groups is 1. The van der Waals surface area contributed by atoms with E-state index in [1.807, 2.05) is 27.7 Å². The molecule has 0 bridgehead atoms. The zero-order valence-corrected chi connectivity index (χ0v) is 32.3. The number of hydrogen-bond acceptors (Lipinski definition) is 12. The van der Waals surface area contributed by atoms with E-state index < -0.39 is 96.7 Å². The molecular formula is C31H55N11O9S2. The van der Waals surface area contributed by atoms with Crippen molar-refractivity contribution in [2.24, 2.45) is 34.0 Å². The highest BCUT2D eigenvalue weighted by Crippen LogP contribution is 2.23. The van der Waals surface area contributed by atoms with Crippen LogP contribution in [0.15, 0.2) is 4.99 Å². The third-order valence-corrected chi connectivity index (χ3v) is 9.86. The summed E-state index contributed by atoms with van der Waals surface area (Å²) in [6.07, 6.45) is 0.617. The topological polar surface area (TPSA) is 331 Å². The highest BCUT2D eigenvalue weighted by molar-refractivity contribution is 8.76. The van der Waals surface area contributed by atoms with Crippen LogP contribution >= 0.6 is 21.6 Å². The van der Waals surface area contributed by atoms with Crippen molar-refractivity contribution < 1.29 is 43.5 Å². The number of nitrogens with zero attached hydrogens (tertiary/aromatic N) is 1. The maximum absolute atomic E-state index is 13.8. The first kappa shape index (κ1) is 46.7. The van der Waals surface area contributed by atoms with Crippen LogP contribution in [0.2, 0.25) is 0 Å². The Morgan fingerprint density at radius 2 is 1.47 bits per heavy atom. The van der Waals surface area contributed by atoms with E-state index in [1.165, 1.54) is 6.92 Å². The van der Waals surface area contributed by atoms with Gasteiger partial charge in [0.1, 0.15) is 30.2 Å². The standard InChI is InChI=1S/C31H55N11O9S2/c1-15(2)9-20-28(48)42-22(14-53-52-13-18(32)26(46)37-11-23(43)36-12-24(44)39-20)29(49)41-21(10-16(3)4)27(47)38-17(5)25(45)40-19(30(50)51)7-6-8-35-31(33)34/h15-22H,6-14,32H2,1-5H3,(H,36,43)(H,37,46)(H,38,47)(H,39,44)(H,40,45)(H,41,49)(H,42,48)(H,50,51)(H4,33,34,35)/t17-,18-,19-,20-,21-,22-/m0/s1. The highest BCUT2D eigenvalue weighted by Gasteiger charge is 2.32. The van der Waals surface area contributed by atoms with Crippen LogP contribution in [0.5, 0.6) is 0 Å². The first-order valence-corrected chi connectivity index (χ1v) is 19.6. The lowest BCUT2D eigenvalue weighted by Gasteiger charge is -2.27. The summed E-state index contributed by atoms with van der Waals surface area (Å²) in [7, 11) is 2.28. The maximum Gasteiger partial charge on any atom is 0.326 e. The molecule has 0 aliphatic carbocycles. The van der Waals surface area contributed by atoms with E-state index in [1.54, 1.807) is 0 Å². The monoisotopic (exact) mass is 789 g/mol. The molecule has 1 saturated heterocycles. The smallest absolute Gasteiger partial charge is 0.326 e. The van der Waals surface area contributed by atoms with Gasteiger partial charge in [0.05, 0.1) is 19.1 Å². The van der Waals surface area contributed by atoms with Gasteiger partial charge in [-0.05, 0) is 44.4 Å². The molecule has 300 valence electrons. The Bertz CT molecular complexity index is 1330. The van der Waals surface area contributed by atoms with E-state index in [0.29, 0.717) is 0 Å². The van der Waals surface area contributed by atoms with E-state index >= 15 is 0 Å². The van der Waals surface area contributed by atoms with Gasteiger partial charge in [-0.2, -0.15) is 0 Å². The molecule has 20 nitrogen and oxygen atoms in total. The molecule has 53 heavy (non-hydrogen) atoms. The highest BCUT2D eigenvalue weighted by atomic mass is 33.1. The number of hydrogen-bond donors (Lipinski definition) is 11. The summed E-state index contributed by atoms with van der Waals surface area (Å²) in [5.74, 6) is -6.39. The third-order valence-electron chi connectivity index (χ3n) is 7.42. The number of carboxylic acid groups (broad SMARTS) is 1. The molecule has 0 aromatic rings. The molecule has 0 radical (unpaired) electrons. The summed E-state index contributed by atoms with van der Waals surface area (Å²) in [6, 6.07) is -6.96. The largest absolute Gasteiger partial charge is 0.480 e. The number of carbonyl (C=O) groups is 8. The minimum Gasteiger partial charge on any atom is -0.480 e. The SMILES string of the molecule is CC(C)C[C@@H]1NC(=O)CNC(=O)CNC(=O)[C@@H](N)CSSC[C@@H](C(=O)N[C@@H](CC(C)C)C(=O)N[C@@H](C)C(=O)N[C@@H](CCCN=C(N)N)C(=O)O)NC1=O. The Labute approximate surface area is 316 Å². The molecule has 1 heterocycles. The molecular weight excluding hydrogens is 735 g/mol. The van der Waals surface area contributed by atoms with Gasteiger partial charge in [0.25, 0.3) is 0 Å². The van der Waals surface area contributed by atoms with Crippen LogP contribution in [0.4, 0.5) is 0 Å². The van der Waals surface area contributed by atoms with E-state index in [-0.39, 0.29) is 61.5 Å². The number of carboxylic acids is 1. The number of carbonyl (C=O) groups excluding carboxylic acids is 7. The number of amides is 7. The Morgan fingerprint density at radius 1 is 0.830 bits per heavy atom. The molecule has 1 aliphatic heterocycles. The van der Waals surface area contributed by atoms with Gasteiger partial charge in [0.2, 0.25) is 41.4 Å². The number of aliphatic carboxylic acids is 1. The molecule has 14 N–H and O–H groups in total. The molecule has 1 rings (SSSR count). The van der Waals surface area contributed by atoms with Crippen molar-refractivity contribution in [3.8, 4) is 0 Å². The molecule has 0 aromatic heterocycles. The summed E-state index contributed by atoms with van der Waals surface area (Å²) in [5, 5.41) is 27.1. The fraction of sp³-hybridized carbons (Fsp3) is 0.710. The second-order valence-electron chi connectivity index (χ2n) is 13.3. The van der Waals surface area contributed by atoms with Crippen molar-refractivity contribution >= 4 is 74.9 Å². The van der Waals surface area contributed by atoms with Crippen LogP contribution in [0.3, 0.4) is 0 Å². The molecule has 1 aliphatic rings. The average Bonchev–Trinajstić information content (AvgIpc) is 3.06. The van der Waals surface area contributed by atoms with Crippen LogP contribution in [-0.4, -0.2) is 126 Å². The second-order valence-corrected chi connectivity index (χ2v) is 15.8.